The van der Waals surface area contributed by atoms with Crippen molar-refractivity contribution >= 4 is 5.69 Å². The zero-order chi connectivity index (χ0) is 13.7. The second-order valence-corrected chi connectivity index (χ2v) is 5.52. The fourth-order valence-electron chi connectivity index (χ4n) is 2.66. The first-order chi connectivity index (χ1) is 9.22. The molecule has 19 heavy (non-hydrogen) atoms. The van der Waals surface area contributed by atoms with E-state index in [0.29, 0.717) is 6.04 Å². The number of piperazine rings is 1. The summed E-state index contributed by atoms with van der Waals surface area (Å²) in [7, 11) is 2.20. The molecule has 0 aromatic heterocycles. The number of hydrogen-bond donors (Lipinski definition) is 1. The first-order valence-electron chi connectivity index (χ1n) is 7.48. The molecule has 106 valence electrons. The van der Waals surface area contributed by atoms with Crippen molar-refractivity contribution < 1.29 is 0 Å². The zero-order valence-corrected chi connectivity index (χ0v) is 12.5. The Bertz CT molecular complexity index is 383. The van der Waals surface area contributed by atoms with Gasteiger partial charge in [0.05, 0.1) is 0 Å². The van der Waals surface area contributed by atoms with Crippen LogP contribution in [0.25, 0.3) is 0 Å². The lowest BCUT2D eigenvalue weighted by Crippen LogP contribution is -2.45. The van der Waals surface area contributed by atoms with Crippen LogP contribution < -0.4 is 10.2 Å². The van der Waals surface area contributed by atoms with Gasteiger partial charge in [0.15, 0.2) is 0 Å². The summed E-state index contributed by atoms with van der Waals surface area (Å²) in [5.41, 5.74) is 2.84. The van der Waals surface area contributed by atoms with Crippen LogP contribution in [0.5, 0.6) is 0 Å². The summed E-state index contributed by atoms with van der Waals surface area (Å²) in [4.78, 5) is 4.93. The zero-order valence-electron chi connectivity index (χ0n) is 12.5. The van der Waals surface area contributed by atoms with Crippen molar-refractivity contribution in [1.82, 2.24) is 10.2 Å². The molecule has 3 heteroatoms. The monoisotopic (exact) mass is 261 g/mol. The number of anilines is 1. The van der Waals surface area contributed by atoms with E-state index < -0.39 is 0 Å². The van der Waals surface area contributed by atoms with Crippen LogP contribution in [-0.2, 0) is 0 Å². The van der Waals surface area contributed by atoms with Crippen molar-refractivity contribution in [3.63, 3.8) is 0 Å². The minimum Gasteiger partial charge on any atom is -0.369 e. The number of para-hydroxylation sites is 1. The molecule has 1 heterocycles. The van der Waals surface area contributed by atoms with Crippen LogP contribution in [0.2, 0.25) is 0 Å². The maximum Gasteiger partial charge on any atom is 0.0415 e. The van der Waals surface area contributed by atoms with Gasteiger partial charge < -0.3 is 15.1 Å². The largest absolute Gasteiger partial charge is 0.369 e. The van der Waals surface area contributed by atoms with Gasteiger partial charge in [-0.3, -0.25) is 0 Å². The molecule has 0 saturated carbocycles. The molecule has 1 fully saturated rings. The molecule has 2 rings (SSSR count). The smallest absolute Gasteiger partial charge is 0.0415 e. The lowest BCUT2D eigenvalue weighted by Gasteiger charge is -2.36. The number of hydrogen-bond acceptors (Lipinski definition) is 3. The average molecular weight is 261 g/mol. The van der Waals surface area contributed by atoms with Crippen molar-refractivity contribution in [2.45, 2.75) is 26.3 Å². The van der Waals surface area contributed by atoms with Crippen LogP contribution in [0.1, 0.15) is 31.9 Å². The van der Waals surface area contributed by atoms with Gasteiger partial charge in [0.2, 0.25) is 0 Å². The van der Waals surface area contributed by atoms with Crippen molar-refractivity contribution in [1.29, 1.82) is 0 Å². The summed E-state index contributed by atoms with van der Waals surface area (Å²) >= 11 is 0. The topological polar surface area (TPSA) is 18.5 Å². The first-order valence-corrected chi connectivity index (χ1v) is 7.48. The van der Waals surface area contributed by atoms with E-state index in [-0.39, 0.29) is 0 Å². The molecule has 0 radical (unpaired) electrons. The standard InChI is InChI=1S/C16H27N3/c1-4-9-17-14(2)15-7-5-6-8-16(15)19-12-10-18(3)11-13-19/h5-8,14,17H,4,9-13H2,1-3H3. The molecule has 0 spiro atoms. The molecule has 0 aliphatic carbocycles. The van der Waals surface area contributed by atoms with Crippen LogP contribution in [0, 0.1) is 0 Å². The quantitative estimate of drug-likeness (QED) is 0.878. The third kappa shape index (κ3) is 3.71. The predicted octanol–water partition coefficient (Wildman–Crippen LogP) is 2.50. The Labute approximate surface area is 117 Å². The highest BCUT2D eigenvalue weighted by atomic mass is 15.2. The Hall–Kier alpha value is -1.06. The molecule has 1 aromatic rings. The van der Waals surface area contributed by atoms with E-state index in [4.69, 9.17) is 0 Å². The summed E-state index contributed by atoms with van der Waals surface area (Å²) < 4.78 is 0. The number of nitrogens with one attached hydrogen (secondary N) is 1. The molecule has 0 bridgehead atoms. The van der Waals surface area contributed by atoms with Gasteiger partial charge in [0.25, 0.3) is 0 Å². The third-order valence-electron chi connectivity index (χ3n) is 3.95. The molecular weight excluding hydrogens is 234 g/mol. The number of rotatable bonds is 5. The maximum absolute atomic E-state index is 3.60. The molecule has 1 saturated heterocycles. The number of likely N-dealkylation sites (N-methyl/N-ethyl adjacent to an activating group) is 1. The molecular formula is C16H27N3. The Morgan fingerprint density at radius 3 is 2.53 bits per heavy atom. The van der Waals surface area contributed by atoms with Gasteiger partial charge in [-0.05, 0) is 38.6 Å². The normalized spacial score (nSPS) is 18.6. The van der Waals surface area contributed by atoms with E-state index >= 15 is 0 Å². The Kier molecular flexibility index (Phi) is 5.23. The van der Waals surface area contributed by atoms with E-state index in [0.717, 1.165) is 32.7 Å². The van der Waals surface area contributed by atoms with Gasteiger partial charge in [0, 0.05) is 37.9 Å². The number of nitrogens with zero attached hydrogens (tertiary/aromatic N) is 2. The third-order valence-corrected chi connectivity index (χ3v) is 3.95. The summed E-state index contributed by atoms with van der Waals surface area (Å²) in [5.74, 6) is 0. The van der Waals surface area contributed by atoms with E-state index in [1.54, 1.807) is 0 Å². The second-order valence-electron chi connectivity index (χ2n) is 5.52. The van der Waals surface area contributed by atoms with E-state index in [1.165, 1.54) is 17.7 Å². The van der Waals surface area contributed by atoms with Gasteiger partial charge in [-0.1, -0.05) is 25.1 Å². The van der Waals surface area contributed by atoms with Gasteiger partial charge in [-0.25, -0.2) is 0 Å². The lowest BCUT2D eigenvalue weighted by atomic mass is 10.0. The van der Waals surface area contributed by atoms with Crippen LogP contribution in [0.15, 0.2) is 24.3 Å². The van der Waals surface area contributed by atoms with Crippen LogP contribution in [-0.4, -0.2) is 44.7 Å². The molecule has 1 aliphatic heterocycles. The highest BCUT2D eigenvalue weighted by Crippen LogP contribution is 2.27. The average Bonchev–Trinajstić information content (AvgIpc) is 2.45. The minimum absolute atomic E-state index is 0.427. The first kappa shape index (κ1) is 14.4. The molecule has 0 amide bonds. The molecule has 1 aromatic carbocycles. The van der Waals surface area contributed by atoms with Gasteiger partial charge in [-0.2, -0.15) is 0 Å². The fourth-order valence-corrected chi connectivity index (χ4v) is 2.66. The molecule has 1 atom stereocenters. The predicted molar refractivity (Wildman–Crippen MR) is 82.9 cm³/mol. The van der Waals surface area contributed by atoms with Crippen molar-refractivity contribution in [2.24, 2.45) is 0 Å². The van der Waals surface area contributed by atoms with E-state index in [1.807, 2.05) is 0 Å². The highest BCUT2D eigenvalue weighted by Gasteiger charge is 2.18. The summed E-state index contributed by atoms with van der Waals surface area (Å²) in [6, 6.07) is 9.27. The molecule has 1 unspecified atom stereocenters. The summed E-state index contributed by atoms with van der Waals surface area (Å²) in [5, 5.41) is 3.60. The van der Waals surface area contributed by atoms with Gasteiger partial charge in [-0.15, -0.1) is 0 Å². The highest BCUT2D eigenvalue weighted by molar-refractivity contribution is 5.55. The second kappa shape index (κ2) is 6.92. The maximum atomic E-state index is 3.60. The van der Waals surface area contributed by atoms with Crippen LogP contribution in [0.3, 0.4) is 0 Å². The van der Waals surface area contributed by atoms with Gasteiger partial charge in [0.1, 0.15) is 0 Å². The minimum atomic E-state index is 0.427. The number of benzene rings is 1. The molecule has 3 nitrogen and oxygen atoms in total. The Morgan fingerprint density at radius 1 is 1.16 bits per heavy atom. The SMILES string of the molecule is CCCNC(C)c1ccccc1N1CCN(C)CC1. The summed E-state index contributed by atoms with van der Waals surface area (Å²) in [6.07, 6.45) is 1.18. The Morgan fingerprint density at radius 2 is 1.84 bits per heavy atom. The van der Waals surface area contributed by atoms with E-state index in [9.17, 15) is 0 Å². The van der Waals surface area contributed by atoms with Crippen LogP contribution >= 0.6 is 0 Å². The van der Waals surface area contributed by atoms with Gasteiger partial charge >= 0.3 is 0 Å². The van der Waals surface area contributed by atoms with E-state index in [2.05, 4.69) is 60.3 Å². The summed E-state index contributed by atoms with van der Waals surface area (Å²) in [6.45, 7) is 10.1. The molecule has 1 N–H and O–H groups in total. The fraction of sp³-hybridized carbons (Fsp3) is 0.625. The van der Waals surface area contributed by atoms with Crippen LogP contribution in [0.4, 0.5) is 5.69 Å². The molecule has 1 aliphatic rings. The lowest BCUT2D eigenvalue weighted by molar-refractivity contribution is 0.312. The van der Waals surface area contributed by atoms with Crippen molar-refractivity contribution in [2.75, 3.05) is 44.7 Å². The van der Waals surface area contributed by atoms with Crippen molar-refractivity contribution in [3.05, 3.63) is 29.8 Å². The van der Waals surface area contributed by atoms with Crippen molar-refractivity contribution in [3.8, 4) is 0 Å². The Balaban J connectivity index is 2.11.